The molecule has 0 aliphatic carbocycles. The first-order valence-electron chi connectivity index (χ1n) is 11.5. The Balaban J connectivity index is 1.40. The molecule has 0 bridgehead atoms. The first kappa shape index (κ1) is 24.9. The highest BCUT2D eigenvalue weighted by Crippen LogP contribution is 2.31. The molecule has 2 aliphatic rings. The monoisotopic (exact) mass is 491 g/mol. The second-order valence-corrected chi connectivity index (χ2v) is 8.86. The summed E-state index contributed by atoms with van der Waals surface area (Å²) in [6.07, 6.45) is 1.53. The van der Waals surface area contributed by atoms with Gasteiger partial charge in [0.25, 0.3) is 5.91 Å². The van der Waals surface area contributed by atoms with Crippen molar-refractivity contribution in [2.24, 2.45) is 5.92 Å². The minimum absolute atomic E-state index is 0.101. The molecule has 0 radical (unpaired) electrons. The smallest absolute Gasteiger partial charge is 0.256 e. The van der Waals surface area contributed by atoms with E-state index in [0.717, 1.165) is 18.7 Å². The third-order valence-corrected chi connectivity index (χ3v) is 6.22. The lowest BCUT2D eigenvalue weighted by Crippen LogP contribution is -2.56. The van der Waals surface area contributed by atoms with Crippen LogP contribution < -0.4 is 10.6 Å². The van der Waals surface area contributed by atoms with E-state index in [-0.39, 0.29) is 30.4 Å². The molecule has 1 aromatic heterocycles. The summed E-state index contributed by atoms with van der Waals surface area (Å²) in [6.45, 7) is 7.93. The van der Waals surface area contributed by atoms with Crippen LogP contribution in [0.2, 0.25) is 0 Å². The Labute approximate surface area is 201 Å². The van der Waals surface area contributed by atoms with Gasteiger partial charge in [0.1, 0.15) is 5.82 Å². The van der Waals surface area contributed by atoms with Gasteiger partial charge in [-0.2, -0.15) is 0 Å². The van der Waals surface area contributed by atoms with Crippen molar-refractivity contribution in [3.8, 4) is 0 Å². The molecule has 2 amide bonds. The Bertz CT molecular complexity index is 1120. The zero-order valence-corrected chi connectivity index (χ0v) is 19.7. The van der Waals surface area contributed by atoms with Crippen molar-refractivity contribution in [1.82, 2.24) is 20.1 Å². The molecule has 2 aliphatic heterocycles. The minimum Gasteiger partial charge on any atom is -0.379 e. The maximum Gasteiger partial charge on any atom is 0.256 e. The van der Waals surface area contributed by atoms with Gasteiger partial charge in [-0.1, -0.05) is 6.07 Å². The number of ether oxygens (including phenoxy) is 1. The minimum atomic E-state index is -1.69. The Morgan fingerprint density at radius 1 is 1.11 bits per heavy atom. The SMILES string of the molecule is Cc1cnc(Nc2c(C(=O)N3CC(C(=O)NCCN4CCOCC4)C3)cc(F)c(F)c2F)c(C)c1. The molecule has 2 aromatic rings. The fourth-order valence-corrected chi connectivity index (χ4v) is 4.14. The van der Waals surface area contributed by atoms with Crippen LogP contribution in [0.4, 0.5) is 24.7 Å². The summed E-state index contributed by atoms with van der Waals surface area (Å²) in [4.78, 5) is 33.1. The number of morpholine rings is 1. The van der Waals surface area contributed by atoms with Gasteiger partial charge in [-0.15, -0.1) is 0 Å². The Morgan fingerprint density at radius 2 is 1.83 bits per heavy atom. The second-order valence-electron chi connectivity index (χ2n) is 8.86. The van der Waals surface area contributed by atoms with E-state index >= 15 is 0 Å². The number of halogens is 3. The molecule has 0 saturated carbocycles. The number of rotatable bonds is 7. The highest BCUT2D eigenvalue weighted by Gasteiger charge is 2.37. The predicted octanol–water partition coefficient (Wildman–Crippen LogP) is 2.38. The van der Waals surface area contributed by atoms with Crippen LogP contribution in [-0.2, 0) is 9.53 Å². The molecule has 0 spiro atoms. The molecular formula is C24H28F3N5O3. The largest absolute Gasteiger partial charge is 0.379 e. The molecule has 35 heavy (non-hydrogen) atoms. The van der Waals surface area contributed by atoms with Crippen molar-refractivity contribution in [2.45, 2.75) is 13.8 Å². The van der Waals surface area contributed by atoms with E-state index in [4.69, 9.17) is 4.74 Å². The summed E-state index contributed by atoms with van der Waals surface area (Å²) in [7, 11) is 0. The maximum atomic E-state index is 14.7. The number of anilines is 2. The number of benzene rings is 1. The number of carbonyl (C=O) groups is 2. The summed E-state index contributed by atoms with van der Waals surface area (Å²) in [5, 5.41) is 5.51. The maximum absolute atomic E-state index is 14.7. The summed E-state index contributed by atoms with van der Waals surface area (Å²) in [6, 6.07) is 2.45. The van der Waals surface area contributed by atoms with Gasteiger partial charge in [-0.05, 0) is 31.0 Å². The van der Waals surface area contributed by atoms with Gasteiger partial charge in [-0.3, -0.25) is 14.5 Å². The van der Waals surface area contributed by atoms with Crippen LogP contribution in [0.5, 0.6) is 0 Å². The van der Waals surface area contributed by atoms with Crippen LogP contribution in [0.15, 0.2) is 18.3 Å². The molecular weight excluding hydrogens is 463 g/mol. The quantitative estimate of drug-likeness (QED) is 0.579. The van der Waals surface area contributed by atoms with E-state index in [1.165, 1.54) is 11.1 Å². The Kier molecular flexibility index (Phi) is 7.56. The van der Waals surface area contributed by atoms with Crippen LogP contribution in [0.25, 0.3) is 0 Å². The summed E-state index contributed by atoms with van der Waals surface area (Å²) in [5.74, 6) is -5.75. The van der Waals surface area contributed by atoms with Crippen molar-refractivity contribution >= 4 is 23.3 Å². The van der Waals surface area contributed by atoms with Crippen LogP contribution in [0.1, 0.15) is 21.5 Å². The molecule has 8 nitrogen and oxygen atoms in total. The van der Waals surface area contributed by atoms with Crippen molar-refractivity contribution < 1.29 is 27.5 Å². The van der Waals surface area contributed by atoms with E-state index < -0.39 is 35.0 Å². The number of likely N-dealkylation sites (tertiary alicyclic amines) is 1. The molecule has 0 unspecified atom stereocenters. The highest BCUT2D eigenvalue weighted by atomic mass is 19.2. The number of hydrogen-bond acceptors (Lipinski definition) is 6. The van der Waals surface area contributed by atoms with Gasteiger partial charge in [0.15, 0.2) is 17.5 Å². The fourth-order valence-electron chi connectivity index (χ4n) is 4.14. The van der Waals surface area contributed by atoms with Gasteiger partial charge < -0.3 is 20.3 Å². The van der Waals surface area contributed by atoms with E-state index in [1.54, 1.807) is 13.0 Å². The zero-order chi connectivity index (χ0) is 25.1. The number of aryl methyl sites for hydroxylation is 2. The fraction of sp³-hybridized carbons (Fsp3) is 0.458. The molecule has 11 heteroatoms. The third kappa shape index (κ3) is 5.57. The normalized spacial score (nSPS) is 16.7. The Hall–Kier alpha value is -3.18. The second kappa shape index (κ2) is 10.6. The van der Waals surface area contributed by atoms with Crippen LogP contribution >= 0.6 is 0 Å². The number of nitrogens with one attached hydrogen (secondary N) is 2. The number of pyridine rings is 1. The number of aromatic nitrogens is 1. The Morgan fingerprint density at radius 3 is 2.51 bits per heavy atom. The number of hydrogen-bond donors (Lipinski definition) is 2. The first-order chi connectivity index (χ1) is 16.7. The highest BCUT2D eigenvalue weighted by molar-refractivity contribution is 6.01. The molecule has 2 N–H and O–H groups in total. The van der Waals surface area contributed by atoms with Gasteiger partial charge in [-0.25, -0.2) is 18.2 Å². The van der Waals surface area contributed by atoms with E-state index in [1.807, 2.05) is 6.92 Å². The number of nitrogens with zero attached hydrogens (tertiary/aromatic N) is 3. The van der Waals surface area contributed by atoms with Gasteiger partial charge in [0, 0.05) is 45.5 Å². The van der Waals surface area contributed by atoms with Crippen LogP contribution in [0.3, 0.4) is 0 Å². The van der Waals surface area contributed by atoms with Crippen LogP contribution in [0, 0.1) is 37.2 Å². The van der Waals surface area contributed by atoms with Crippen LogP contribution in [-0.4, -0.2) is 79.1 Å². The van der Waals surface area contributed by atoms with Crippen molar-refractivity contribution in [3.63, 3.8) is 0 Å². The summed E-state index contributed by atoms with van der Waals surface area (Å²) in [5.41, 5.74) is 0.649. The predicted molar refractivity (Wildman–Crippen MR) is 123 cm³/mol. The van der Waals surface area contributed by atoms with E-state index in [2.05, 4.69) is 20.5 Å². The summed E-state index contributed by atoms with van der Waals surface area (Å²) < 4.78 is 48.1. The lowest BCUT2D eigenvalue weighted by molar-refractivity contribution is -0.129. The van der Waals surface area contributed by atoms with Crippen molar-refractivity contribution in [2.75, 3.05) is 57.8 Å². The third-order valence-electron chi connectivity index (χ3n) is 6.22. The molecule has 4 rings (SSSR count). The topological polar surface area (TPSA) is 86.8 Å². The molecule has 188 valence electrons. The lowest BCUT2D eigenvalue weighted by atomic mass is 9.97. The molecule has 0 atom stereocenters. The first-order valence-corrected chi connectivity index (χ1v) is 11.5. The van der Waals surface area contributed by atoms with Crippen molar-refractivity contribution in [1.29, 1.82) is 0 Å². The number of carbonyl (C=O) groups excluding carboxylic acids is 2. The average molecular weight is 492 g/mol. The molecule has 2 saturated heterocycles. The van der Waals surface area contributed by atoms with Crippen molar-refractivity contribution in [3.05, 3.63) is 52.5 Å². The number of amides is 2. The lowest BCUT2D eigenvalue weighted by Gasteiger charge is -2.38. The average Bonchev–Trinajstić information content (AvgIpc) is 2.80. The molecule has 3 heterocycles. The standard InChI is InChI=1S/C24H28F3N5O3/c1-14-9-15(2)22(29-11-14)30-21-17(10-18(25)19(26)20(21)27)24(34)32-12-16(13-32)23(33)28-3-4-31-5-7-35-8-6-31/h9-11,16H,3-8,12-13H2,1-2H3,(H,28,33)(H,29,30). The van der Waals surface area contributed by atoms with Gasteiger partial charge in [0.05, 0.1) is 30.4 Å². The zero-order valence-electron chi connectivity index (χ0n) is 19.7. The van der Waals surface area contributed by atoms with Gasteiger partial charge >= 0.3 is 0 Å². The molecule has 1 aromatic carbocycles. The van der Waals surface area contributed by atoms with E-state index in [9.17, 15) is 22.8 Å². The van der Waals surface area contributed by atoms with Gasteiger partial charge in [0.2, 0.25) is 5.91 Å². The van der Waals surface area contributed by atoms with E-state index in [0.29, 0.717) is 37.9 Å². The summed E-state index contributed by atoms with van der Waals surface area (Å²) >= 11 is 0. The molecule has 2 fully saturated rings.